The Morgan fingerprint density at radius 2 is 2.27 bits per heavy atom. The molecule has 0 spiro atoms. The number of rotatable bonds is 4. The van der Waals surface area contributed by atoms with Crippen LogP contribution in [-0.4, -0.2) is 14.9 Å². The second-order valence-electron chi connectivity index (χ2n) is 4.76. The van der Waals surface area contributed by atoms with Crippen LogP contribution in [0.5, 0.6) is 0 Å². The van der Waals surface area contributed by atoms with Gasteiger partial charge < -0.3 is 14.7 Å². The van der Waals surface area contributed by atoms with Crippen molar-refractivity contribution >= 4 is 22.3 Å². The van der Waals surface area contributed by atoms with Gasteiger partial charge in [-0.1, -0.05) is 0 Å². The van der Waals surface area contributed by atoms with Gasteiger partial charge in [0.2, 0.25) is 0 Å². The van der Waals surface area contributed by atoms with E-state index >= 15 is 0 Å². The van der Waals surface area contributed by atoms with Crippen LogP contribution in [0.15, 0.2) is 46.1 Å². The summed E-state index contributed by atoms with van der Waals surface area (Å²) >= 11 is 0. The maximum atomic E-state index is 11.7. The number of hydrogen-bond donors (Lipinski definition) is 2. The molecule has 0 bridgehead atoms. The topological polar surface area (TPSA) is 114 Å². The molecule has 3 rings (SSSR count). The minimum absolute atomic E-state index is 0.172. The van der Waals surface area contributed by atoms with Crippen LogP contribution in [0.25, 0.3) is 10.9 Å². The third kappa shape index (κ3) is 2.41. The van der Waals surface area contributed by atoms with Gasteiger partial charge in [-0.15, -0.1) is 0 Å². The Morgan fingerprint density at radius 1 is 1.45 bits per heavy atom. The summed E-state index contributed by atoms with van der Waals surface area (Å²) in [6, 6.07) is 5.95. The predicted molar refractivity (Wildman–Crippen MR) is 79.8 cm³/mol. The van der Waals surface area contributed by atoms with Crippen LogP contribution >= 0.6 is 0 Å². The Hall–Kier alpha value is -3.16. The molecule has 1 atom stereocenters. The van der Waals surface area contributed by atoms with Gasteiger partial charge in [-0.05, 0) is 25.1 Å². The summed E-state index contributed by atoms with van der Waals surface area (Å²) in [5.74, 6) is 0.647. The molecule has 3 aromatic rings. The molecule has 8 nitrogen and oxygen atoms in total. The van der Waals surface area contributed by atoms with Gasteiger partial charge >= 0.3 is 0 Å². The van der Waals surface area contributed by atoms with E-state index < -0.39 is 10.5 Å². The number of anilines is 1. The van der Waals surface area contributed by atoms with Gasteiger partial charge in [0.05, 0.1) is 34.5 Å². The molecule has 2 heterocycles. The lowest BCUT2D eigenvalue weighted by Gasteiger charge is -2.13. The van der Waals surface area contributed by atoms with Crippen LogP contribution in [0.4, 0.5) is 11.4 Å². The lowest BCUT2D eigenvalue weighted by Crippen LogP contribution is -2.10. The zero-order valence-electron chi connectivity index (χ0n) is 11.6. The van der Waals surface area contributed by atoms with E-state index in [4.69, 9.17) is 4.42 Å². The lowest BCUT2D eigenvalue weighted by atomic mass is 10.1. The summed E-state index contributed by atoms with van der Waals surface area (Å²) < 4.78 is 5.27. The third-order valence-corrected chi connectivity index (χ3v) is 3.30. The van der Waals surface area contributed by atoms with E-state index in [1.807, 2.05) is 6.92 Å². The maximum absolute atomic E-state index is 11.7. The summed E-state index contributed by atoms with van der Waals surface area (Å²) in [5, 5.41) is 14.4. The van der Waals surface area contributed by atoms with Gasteiger partial charge in [0.25, 0.3) is 11.2 Å². The highest BCUT2D eigenvalue weighted by molar-refractivity contribution is 5.86. The largest absolute Gasteiger partial charge is 0.467 e. The number of benzene rings is 1. The predicted octanol–water partition coefficient (Wildman–Crippen LogP) is 2.60. The lowest BCUT2D eigenvalue weighted by molar-refractivity contribution is -0.383. The number of nitrogens with one attached hydrogen (secondary N) is 2. The number of nitrogens with zero attached hydrogens (tertiary/aromatic N) is 2. The van der Waals surface area contributed by atoms with Crippen LogP contribution < -0.4 is 10.9 Å². The van der Waals surface area contributed by atoms with E-state index in [2.05, 4.69) is 15.3 Å². The standard InChI is InChI=1S/C14H12N4O4/c1-8(13-3-2-4-22-13)17-11-6-10-9(5-12(11)18(20)21)14(19)16-7-15-10/h2-8,17H,1H3,(H,15,16,19)/t8-/m1/s1. The molecule has 2 N–H and O–H groups in total. The van der Waals surface area contributed by atoms with Gasteiger partial charge in [0.15, 0.2) is 0 Å². The molecule has 0 aliphatic rings. The second kappa shape index (κ2) is 5.32. The van der Waals surface area contributed by atoms with Crippen molar-refractivity contribution < 1.29 is 9.34 Å². The molecule has 1 aromatic carbocycles. The summed E-state index contributed by atoms with van der Waals surface area (Å²) in [6.07, 6.45) is 2.79. The van der Waals surface area contributed by atoms with Crippen molar-refractivity contribution in [3.63, 3.8) is 0 Å². The van der Waals surface area contributed by atoms with E-state index in [9.17, 15) is 14.9 Å². The monoisotopic (exact) mass is 300 g/mol. The van der Waals surface area contributed by atoms with E-state index in [1.165, 1.54) is 24.7 Å². The molecule has 0 aliphatic heterocycles. The Kier molecular flexibility index (Phi) is 3.34. The summed E-state index contributed by atoms with van der Waals surface area (Å²) in [4.78, 5) is 28.9. The number of nitro groups is 1. The van der Waals surface area contributed by atoms with Crippen molar-refractivity contribution in [2.45, 2.75) is 13.0 Å². The van der Waals surface area contributed by atoms with Crippen molar-refractivity contribution in [1.29, 1.82) is 0 Å². The summed E-state index contributed by atoms with van der Waals surface area (Å²) in [7, 11) is 0. The van der Waals surface area contributed by atoms with Gasteiger partial charge in [-0.2, -0.15) is 0 Å². The Labute approximate surface area is 123 Å². The zero-order chi connectivity index (χ0) is 15.7. The highest BCUT2D eigenvalue weighted by Crippen LogP contribution is 2.31. The molecular weight excluding hydrogens is 288 g/mol. The number of fused-ring (bicyclic) bond motifs is 1. The van der Waals surface area contributed by atoms with E-state index in [0.29, 0.717) is 11.3 Å². The third-order valence-electron chi connectivity index (χ3n) is 3.30. The van der Waals surface area contributed by atoms with Crippen LogP contribution in [0.1, 0.15) is 18.7 Å². The Morgan fingerprint density at radius 3 is 2.95 bits per heavy atom. The van der Waals surface area contributed by atoms with Crippen molar-refractivity contribution in [3.05, 3.63) is 63.1 Å². The molecule has 0 saturated carbocycles. The SMILES string of the molecule is C[C@@H](Nc1cc2nc[nH]c(=O)c2cc1[N+](=O)[O-])c1ccco1. The number of H-pyrrole nitrogens is 1. The molecule has 0 unspecified atom stereocenters. The molecule has 0 aliphatic carbocycles. The fourth-order valence-electron chi connectivity index (χ4n) is 2.21. The minimum Gasteiger partial charge on any atom is -0.467 e. The van der Waals surface area contributed by atoms with Crippen molar-refractivity contribution in [1.82, 2.24) is 9.97 Å². The molecule has 0 amide bonds. The first-order chi connectivity index (χ1) is 10.6. The highest BCUT2D eigenvalue weighted by Gasteiger charge is 2.19. The van der Waals surface area contributed by atoms with Gasteiger partial charge in [0.1, 0.15) is 11.4 Å². The van der Waals surface area contributed by atoms with Crippen LogP contribution in [-0.2, 0) is 0 Å². The van der Waals surface area contributed by atoms with E-state index in [1.54, 1.807) is 12.1 Å². The number of aromatic amines is 1. The minimum atomic E-state index is -0.539. The molecular formula is C14H12N4O4. The average molecular weight is 300 g/mol. The van der Waals surface area contributed by atoms with E-state index in [0.717, 1.165) is 0 Å². The number of furan rings is 1. The van der Waals surface area contributed by atoms with Gasteiger partial charge in [-0.3, -0.25) is 14.9 Å². The van der Waals surface area contributed by atoms with Crippen LogP contribution in [0, 0.1) is 10.1 Å². The van der Waals surface area contributed by atoms with Crippen molar-refractivity contribution in [2.24, 2.45) is 0 Å². The van der Waals surface area contributed by atoms with Gasteiger partial charge in [0, 0.05) is 6.07 Å². The summed E-state index contributed by atoms with van der Waals surface area (Å²) in [5.41, 5.74) is 0.0473. The molecule has 0 fully saturated rings. The van der Waals surface area contributed by atoms with Crippen LogP contribution in [0.2, 0.25) is 0 Å². The van der Waals surface area contributed by atoms with Crippen molar-refractivity contribution in [3.8, 4) is 0 Å². The smallest absolute Gasteiger partial charge is 0.293 e. The molecule has 8 heteroatoms. The first kappa shape index (κ1) is 13.8. The van der Waals surface area contributed by atoms with Crippen molar-refractivity contribution in [2.75, 3.05) is 5.32 Å². The summed E-state index contributed by atoms with van der Waals surface area (Å²) in [6.45, 7) is 1.82. The Bertz CT molecular complexity index is 885. The first-order valence-corrected chi connectivity index (χ1v) is 6.52. The molecule has 0 saturated heterocycles. The van der Waals surface area contributed by atoms with Crippen LogP contribution in [0.3, 0.4) is 0 Å². The average Bonchev–Trinajstić information content (AvgIpc) is 3.01. The number of aromatic nitrogens is 2. The fourth-order valence-corrected chi connectivity index (χ4v) is 2.21. The maximum Gasteiger partial charge on any atom is 0.293 e. The second-order valence-corrected chi connectivity index (χ2v) is 4.76. The first-order valence-electron chi connectivity index (χ1n) is 6.52. The molecule has 0 radical (unpaired) electrons. The van der Waals surface area contributed by atoms with Gasteiger partial charge in [-0.25, -0.2) is 4.98 Å². The molecule has 2 aromatic heterocycles. The molecule has 112 valence electrons. The quantitative estimate of drug-likeness (QED) is 0.565. The highest BCUT2D eigenvalue weighted by atomic mass is 16.6. The Balaban J connectivity index is 2.09. The van der Waals surface area contributed by atoms with E-state index in [-0.39, 0.29) is 22.8 Å². The number of nitro benzene ring substituents is 1. The number of hydrogen-bond acceptors (Lipinski definition) is 6. The molecule has 22 heavy (non-hydrogen) atoms. The fraction of sp³-hybridized carbons (Fsp3) is 0.143. The zero-order valence-corrected chi connectivity index (χ0v) is 11.6. The normalized spacial score (nSPS) is 12.2.